The zero-order chi connectivity index (χ0) is 18.5. The lowest BCUT2D eigenvalue weighted by Gasteiger charge is -2.15. The van der Waals surface area contributed by atoms with E-state index in [9.17, 15) is 4.39 Å². The summed E-state index contributed by atoms with van der Waals surface area (Å²) in [5, 5.41) is 0. The third-order valence-corrected chi connectivity index (χ3v) is 6.42. The molecule has 2 aliphatic rings. The Bertz CT molecular complexity index is 701. The van der Waals surface area contributed by atoms with Crippen LogP contribution in [0.4, 0.5) is 4.39 Å². The first-order valence-corrected chi connectivity index (χ1v) is 10.7. The molecule has 1 aromatic carbocycles. The van der Waals surface area contributed by atoms with Crippen molar-refractivity contribution >= 4 is 11.3 Å². The fourth-order valence-corrected chi connectivity index (χ4v) is 4.86. The molecule has 1 aliphatic carbocycles. The van der Waals surface area contributed by atoms with Gasteiger partial charge in [0.15, 0.2) is 0 Å². The van der Waals surface area contributed by atoms with Gasteiger partial charge in [-0.2, -0.15) is 0 Å². The Morgan fingerprint density at radius 3 is 2.73 bits per heavy atom. The van der Waals surface area contributed by atoms with E-state index in [0.29, 0.717) is 17.4 Å². The van der Waals surface area contributed by atoms with Crippen molar-refractivity contribution < 1.29 is 9.13 Å². The Balaban J connectivity index is 0.000000948. The quantitative estimate of drug-likeness (QED) is 0.614. The highest BCUT2D eigenvalue weighted by Crippen LogP contribution is 2.50. The van der Waals surface area contributed by atoms with Gasteiger partial charge < -0.3 is 4.74 Å². The standard InChI is InChI=1S/C20H24FNOS.C2H6/c1-14-8-9-22(11-14)13-23-12-15-10-17(15)20-7-6-19(24-20)16-4-2-3-5-18(16)21;1-2/h2-7,14-15,17H,8-13H2,1H3;1-2H3. The second-order valence-electron chi connectivity index (χ2n) is 7.25. The lowest BCUT2D eigenvalue weighted by atomic mass is 10.2. The smallest absolute Gasteiger partial charge is 0.131 e. The minimum Gasteiger partial charge on any atom is -0.366 e. The number of rotatable bonds is 6. The fraction of sp³-hybridized carbons (Fsp3) is 0.545. The summed E-state index contributed by atoms with van der Waals surface area (Å²) in [5.41, 5.74) is 0.713. The first-order chi connectivity index (χ1) is 12.7. The van der Waals surface area contributed by atoms with Gasteiger partial charge in [-0.1, -0.05) is 39.0 Å². The highest BCUT2D eigenvalue weighted by molar-refractivity contribution is 7.15. The predicted octanol–water partition coefficient (Wildman–Crippen LogP) is 6.00. The van der Waals surface area contributed by atoms with Crippen molar-refractivity contribution in [1.29, 1.82) is 0 Å². The molecule has 2 heterocycles. The molecule has 2 nitrogen and oxygen atoms in total. The highest BCUT2D eigenvalue weighted by atomic mass is 32.1. The molecule has 4 heteroatoms. The van der Waals surface area contributed by atoms with Crippen LogP contribution in [0.5, 0.6) is 0 Å². The van der Waals surface area contributed by atoms with Gasteiger partial charge in [0.05, 0.1) is 13.3 Å². The Morgan fingerprint density at radius 2 is 2.00 bits per heavy atom. The molecule has 142 valence electrons. The largest absolute Gasteiger partial charge is 0.366 e. The summed E-state index contributed by atoms with van der Waals surface area (Å²) in [4.78, 5) is 4.81. The van der Waals surface area contributed by atoms with Crippen LogP contribution in [0, 0.1) is 17.7 Å². The molecular weight excluding hydrogens is 345 g/mol. The number of hydrogen-bond donors (Lipinski definition) is 0. The van der Waals surface area contributed by atoms with Crippen molar-refractivity contribution in [2.24, 2.45) is 11.8 Å². The molecule has 1 aromatic heterocycles. The lowest BCUT2D eigenvalue weighted by Crippen LogP contribution is -2.24. The summed E-state index contributed by atoms with van der Waals surface area (Å²) in [7, 11) is 0. The number of halogens is 1. The average Bonchev–Trinajstić information content (AvgIpc) is 3.05. The molecule has 0 amide bonds. The summed E-state index contributed by atoms with van der Waals surface area (Å²) in [5.74, 6) is 1.91. The topological polar surface area (TPSA) is 12.5 Å². The van der Waals surface area contributed by atoms with E-state index in [2.05, 4.69) is 24.0 Å². The monoisotopic (exact) mass is 375 g/mol. The lowest BCUT2D eigenvalue weighted by molar-refractivity contribution is 0.0336. The van der Waals surface area contributed by atoms with E-state index >= 15 is 0 Å². The molecule has 1 saturated heterocycles. The third-order valence-electron chi connectivity index (χ3n) is 5.17. The summed E-state index contributed by atoms with van der Waals surface area (Å²) in [6.07, 6.45) is 2.50. The Labute approximate surface area is 161 Å². The zero-order valence-electron chi connectivity index (χ0n) is 16.1. The average molecular weight is 376 g/mol. The van der Waals surface area contributed by atoms with Gasteiger partial charge >= 0.3 is 0 Å². The van der Waals surface area contributed by atoms with E-state index < -0.39 is 0 Å². The van der Waals surface area contributed by atoms with Crippen LogP contribution in [0.3, 0.4) is 0 Å². The van der Waals surface area contributed by atoms with Gasteiger partial charge in [-0.05, 0) is 48.8 Å². The maximum atomic E-state index is 13.9. The van der Waals surface area contributed by atoms with Crippen molar-refractivity contribution in [2.75, 3.05) is 26.4 Å². The van der Waals surface area contributed by atoms with E-state index in [1.54, 1.807) is 17.4 Å². The minimum atomic E-state index is -0.138. The molecule has 0 bridgehead atoms. The van der Waals surface area contributed by atoms with E-state index in [4.69, 9.17) is 4.74 Å². The summed E-state index contributed by atoms with van der Waals surface area (Å²) in [6, 6.07) is 11.2. The third kappa shape index (κ3) is 4.73. The Morgan fingerprint density at radius 1 is 1.19 bits per heavy atom. The molecule has 1 aliphatic heterocycles. The fourth-order valence-electron chi connectivity index (χ4n) is 3.61. The van der Waals surface area contributed by atoms with Gasteiger partial charge in [-0.25, -0.2) is 4.39 Å². The van der Waals surface area contributed by atoms with Crippen molar-refractivity contribution in [3.05, 3.63) is 47.1 Å². The molecule has 4 rings (SSSR count). The molecule has 0 spiro atoms. The molecule has 3 unspecified atom stereocenters. The van der Waals surface area contributed by atoms with Crippen LogP contribution in [-0.4, -0.2) is 31.3 Å². The van der Waals surface area contributed by atoms with Gasteiger partial charge in [-0.15, -0.1) is 11.3 Å². The van der Waals surface area contributed by atoms with Gasteiger partial charge in [0.25, 0.3) is 0 Å². The SMILES string of the molecule is CC.CC1CCN(COCC2CC2c2ccc(-c3ccccc3F)s2)C1. The van der Waals surface area contributed by atoms with Crippen LogP contribution >= 0.6 is 11.3 Å². The van der Waals surface area contributed by atoms with Crippen LogP contribution in [0.15, 0.2) is 36.4 Å². The van der Waals surface area contributed by atoms with Crippen LogP contribution in [0.25, 0.3) is 10.4 Å². The number of hydrogen-bond acceptors (Lipinski definition) is 3. The number of ether oxygens (including phenoxy) is 1. The number of benzene rings is 1. The van der Waals surface area contributed by atoms with E-state index in [-0.39, 0.29) is 5.82 Å². The molecular formula is C22H30FNOS. The Kier molecular flexibility index (Phi) is 6.85. The molecule has 1 saturated carbocycles. The molecule has 2 fully saturated rings. The molecule has 2 aromatic rings. The van der Waals surface area contributed by atoms with Crippen LogP contribution in [-0.2, 0) is 4.74 Å². The summed E-state index contributed by atoms with van der Waals surface area (Å²) in [6.45, 7) is 10.3. The number of likely N-dealkylation sites (tertiary alicyclic amines) is 1. The van der Waals surface area contributed by atoms with Gasteiger partial charge in [0.1, 0.15) is 5.82 Å². The molecule has 0 radical (unpaired) electrons. The van der Waals surface area contributed by atoms with E-state index in [0.717, 1.165) is 24.1 Å². The van der Waals surface area contributed by atoms with Crippen LogP contribution in [0.1, 0.15) is 44.4 Å². The maximum Gasteiger partial charge on any atom is 0.131 e. The first-order valence-electron chi connectivity index (χ1n) is 9.85. The van der Waals surface area contributed by atoms with Gasteiger partial charge in [0, 0.05) is 28.4 Å². The zero-order valence-corrected chi connectivity index (χ0v) is 16.9. The summed E-state index contributed by atoms with van der Waals surface area (Å²) < 4.78 is 19.8. The second kappa shape index (κ2) is 9.12. The Hall–Kier alpha value is -1.23. The minimum absolute atomic E-state index is 0.138. The predicted molar refractivity (Wildman–Crippen MR) is 108 cm³/mol. The second-order valence-corrected chi connectivity index (χ2v) is 8.37. The van der Waals surface area contributed by atoms with E-state index in [1.807, 2.05) is 26.0 Å². The van der Waals surface area contributed by atoms with Crippen molar-refractivity contribution in [2.45, 2.75) is 39.5 Å². The van der Waals surface area contributed by atoms with Gasteiger partial charge in [0.2, 0.25) is 0 Å². The number of nitrogens with zero attached hydrogens (tertiary/aromatic N) is 1. The van der Waals surface area contributed by atoms with Crippen molar-refractivity contribution in [3.8, 4) is 10.4 Å². The number of thiophene rings is 1. The van der Waals surface area contributed by atoms with Crippen LogP contribution < -0.4 is 0 Å². The van der Waals surface area contributed by atoms with Crippen LogP contribution in [0.2, 0.25) is 0 Å². The van der Waals surface area contributed by atoms with Crippen molar-refractivity contribution in [1.82, 2.24) is 4.90 Å². The van der Waals surface area contributed by atoms with E-state index in [1.165, 1.54) is 36.9 Å². The maximum absolute atomic E-state index is 13.9. The van der Waals surface area contributed by atoms with Crippen molar-refractivity contribution in [3.63, 3.8) is 0 Å². The summed E-state index contributed by atoms with van der Waals surface area (Å²) >= 11 is 1.73. The highest BCUT2D eigenvalue weighted by Gasteiger charge is 2.39. The first kappa shape index (κ1) is 19.5. The molecule has 3 atom stereocenters. The normalized spacial score (nSPS) is 25.0. The van der Waals surface area contributed by atoms with Gasteiger partial charge in [-0.3, -0.25) is 4.90 Å². The molecule has 0 N–H and O–H groups in total. The molecule has 26 heavy (non-hydrogen) atoms.